The van der Waals surface area contributed by atoms with E-state index >= 15 is 0 Å². The zero-order valence-electron chi connectivity index (χ0n) is 16.8. The number of thiazole rings is 1. The summed E-state index contributed by atoms with van der Waals surface area (Å²) < 4.78 is 1.14. The van der Waals surface area contributed by atoms with Gasteiger partial charge in [-0.2, -0.15) is 0 Å². The van der Waals surface area contributed by atoms with Crippen molar-refractivity contribution < 1.29 is 9.69 Å². The highest BCUT2D eigenvalue weighted by Crippen LogP contribution is 2.31. The van der Waals surface area contributed by atoms with Crippen molar-refractivity contribution >= 4 is 32.6 Å². The van der Waals surface area contributed by atoms with Gasteiger partial charge >= 0.3 is 0 Å². The van der Waals surface area contributed by atoms with Gasteiger partial charge in [-0.3, -0.25) is 9.69 Å². The number of rotatable bonds is 6. The van der Waals surface area contributed by atoms with Gasteiger partial charge in [0.1, 0.15) is 0 Å². The molecule has 0 aliphatic heterocycles. The van der Waals surface area contributed by atoms with Crippen LogP contribution in [-0.2, 0) is 6.42 Å². The smallest absolute Gasteiger partial charge is 0.260 e. The molecule has 3 rings (SSSR count). The average molecular weight is 383 g/mol. The summed E-state index contributed by atoms with van der Waals surface area (Å²) in [5.74, 6) is 0.0310. The summed E-state index contributed by atoms with van der Waals surface area (Å²) in [6, 6.07) is 12.4. The quantitative estimate of drug-likeness (QED) is 0.711. The molecule has 0 fully saturated rings. The topological polar surface area (TPSA) is 37.6 Å². The van der Waals surface area contributed by atoms with E-state index in [2.05, 4.69) is 45.3 Å². The number of amides is 1. The number of aryl methyl sites for hydroxylation is 3. The molecule has 0 saturated heterocycles. The minimum absolute atomic E-state index is 0.0310. The summed E-state index contributed by atoms with van der Waals surface area (Å²) in [7, 11) is 4.21. The number of nitrogens with one attached hydrogen (secondary N) is 1. The molecule has 0 aliphatic rings. The first kappa shape index (κ1) is 19.5. The fraction of sp³-hybridized carbons (Fsp3) is 0.364. The van der Waals surface area contributed by atoms with Gasteiger partial charge in [0.15, 0.2) is 5.13 Å². The monoisotopic (exact) mass is 382 g/mol. The number of aromatic nitrogens is 1. The molecule has 0 spiro atoms. The molecule has 0 radical (unpaired) electrons. The Labute approximate surface area is 165 Å². The summed E-state index contributed by atoms with van der Waals surface area (Å²) in [6.45, 7) is 7.72. The van der Waals surface area contributed by atoms with Gasteiger partial charge in [0.25, 0.3) is 5.91 Å². The highest BCUT2D eigenvalue weighted by Gasteiger charge is 2.23. The number of hydrogen-bond acceptors (Lipinski definition) is 3. The van der Waals surface area contributed by atoms with Crippen LogP contribution in [0.25, 0.3) is 10.2 Å². The number of likely N-dealkylation sites (N-methyl/N-ethyl adjacent to an activating group) is 1. The van der Waals surface area contributed by atoms with Crippen molar-refractivity contribution in [1.82, 2.24) is 4.98 Å². The Morgan fingerprint density at radius 1 is 1.15 bits per heavy atom. The number of nitrogens with zero attached hydrogens (tertiary/aromatic N) is 2. The van der Waals surface area contributed by atoms with Gasteiger partial charge in [-0.05, 0) is 49.6 Å². The molecule has 1 aromatic heterocycles. The van der Waals surface area contributed by atoms with Gasteiger partial charge in [-0.1, -0.05) is 42.0 Å². The largest absolute Gasteiger partial charge is 0.338 e. The maximum atomic E-state index is 13.4. The molecule has 2 aromatic carbocycles. The fourth-order valence-corrected chi connectivity index (χ4v) is 4.16. The van der Waals surface area contributed by atoms with E-state index in [0.717, 1.165) is 39.4 Å². The van der Waals surface area contributed by atoms with Crippen LogP contribution in [0.2, 0.25) is 0 Å². The second-order valence-corrected chi connectivity index (χ2v) is 8.39. The zero-order valence-corrected chi connectivity index (χ0v) is 17.6. The van der Waals surface area contributed by atoms with Gasteiger partial charge in [0.05, 0.1) is 37.4 Å². The van der Waals surface area contributed by atoms with E-state index in [-0.39, 0.29) is 5.91 Å². The third-order valence-corrected chi connectivity index (χ3v) is 5.81. The van der Waals surface area contributed by atoms with Gasteiger partial charge < -0.3 is 4.90 Å². The van der Waals surface area contributed by atoms with Crippen molar-refractivity contribution in [2.75, 3.05) is 32.1 Å². The highest BCUT2D eigenvalue weighted by molar-refractivity contribution is 7.22. The average Bonchev–Trinajstić information content (AvgIpc) is 3.04. The molecule has 3 aromatic rings. The predicted octanol–water partition coefficient (Wildman–Crippen LogP) is 3.27. The number of quaternary nitrogens is 1. The lowest BCUT2D eigenvalue weighted by Gasteiger charge is -2.21. The summed E-state index contributed by atoms with van der Waals surface area (Å²) in [5.41, 5.74) is 5.19. The SMILES string of the molecule is CCc1ccc2nc(N(CC[NH+](C)C)C(=O)c3ccc(C)cc3C)sc2c1. The Bertz CT molecular complexity index is 961. The molecule has 27 heavy (non-hydrogen) atoms. The zero-order chi connectivity index (χ0) is 19.6. The van der Waals surface area contributed by atoms with Gasteiger partial charge in [-0.25, -0.2) is 4.98 Å². The summed E-state index contributed by atoms with van der Waals surface area (Å²) >= 11 is 1.60. The molecule has 0 atom stereocenters. The van der Waals surface area contributed by atoms with E-state index < -0.39 is 0 Å². The first-order valence-electron chi connectivity index (χ1n) is 9.46. The number of carbonyl (C=O) groups excluding carboxylic acids is 1. The maximum Gasteiger partial charge on any atom is 0.260 e. The van der Waals surface area contributed by atoms with Crippen LogP contribution in [0.1, 0.15) is 34.0 Å². The van der Waals surface area contributed by atoms with E-state index in [1.54, 1.807) is 11.3 Å². The molecule has 1 heterocycles. The maximum absolute atomic E-state index is 13.4. The molecule has 142 valence electrons. The molecular weight excluding hydrogens is 354 g/mol. The van der Waals surface area contributed by atoms with Crippen LogP contribution in [-0.4, -0.2) is 38.1 Å². The molecule has 0 bridgehead atoms. The Kier molecular flexibility index (Phi) is 5.92. The van der Waals surface area contributed by atoms with Crippen molar-refractivity contribution in [3.05, 3.63) is 58.7 Å². The Hall–Kier alpha value is -2.24. The Balaban J connectivity index is 2.01. The van der Waals surface area contributed by atoms with Crippen LogP contribution in [0.15, 0.2) is 36.4 Å². The van der Waals surface area contributed by atoms with Gasteiger partial charge in [0, 0.05) is 5.56 Å². The van der Waals surface area contributed by atoms with Crippen LogP contribution in [0.5, 0.6) is 0 Å². The van der Waals surface area contributed by atoms with Crippen LogP contribution >= 0.6 is 11.3 Å². The normalized spacial score (nSPS) is 11.3. The molecule has 1 N–H and O–H groups in total. The lowest BCUT2D eigenvalue weighted by Crippen LogP contribution is -3.06. The van der Waals surface area contributed by atoms with E-state index in [4.69, 9.17) is 4.98 Å². The van der Waals surface area contributed by atoms with Crippen LogP contribution in [0.4, 0.5) is 5.13 Å². The number of benzene rings is 2. The standard InChI is InChI=1S/C22H27N3OS/c1-6-17-8-10-19-20(14-17)27-22(23-19)25(12-11-24(4)5)21(26)18-9-7-15(2)13-16(18)3/h7-10,13-14H,6,11-12H2,1-5H3/p+1. The fourth-order valence-electron chi connectivity index (χ4n) is 3.11. The molecule has 0 saturated carbocycles. The van der Waals surface area contributed by atoms with Gasteiger partial charge in [0.2, 0.25) is 0 Å². The first-order valence-corrected chi connectivity index (χ1v) is 10.3. The van der Waals surface area contributed by atoms with Crippen molar-refractivity contribution in [2.24, 2.45) is 0 Å². The predicted molar refractivity (Wildman–Crippen MR) is 114 cm³/mol. The minimum atomic E-state index is 0.0310. The third-order valence-electron chi connectivity index (χ3n) is 4.77. The van der Waals surface area contributed by atoms with Crippen molar-refractivity contribution in [3.8, 4) is 0 Å². The Morgan fingerprint density at radius 2 is 1.93 bits per heavy atom. The van der Waals surface area contributed by atoms with Gasteiger partial charge in [-0.15, -0.1) is 0 Å². The molecule has 0 unspecified atom stereocenters. The molecule has 5 heteroatoms. The van der Waals surface area contributed by atoms with Crippen molar-refractivity contribution in [2.45, 2.75) is 27.2 Å². The van der Waals surface area contributed by atoms with Crippen molar-refractivity contribution in [1.29, 1.82) is 0 Å². The highest BCUT2D eigenvalue weighted by atomic mass is 32.1. The van der Waals surface area contributed by atoms with E-state index in [1.165, 1.54) is 16.0 Å². The lowest BCUT2D eigenvalue weighted by atomic mass is 10.0. The van der Waals surface area contributed by atoms with E-state index in [1.807, 2.05) is 30.9 Å². The molecule has 1 amide bonds. The van der Waals surface area contributed by atoms with Crippen LogP contribution < -0.4 is 9.80 Å². The lowest BCUT2D eigenvalue weighted by molar-refractivity contribution is -0.856. The van der Waals surface area contributed by atoms with E-state index in [0.29, 0.717) is 6.54 Å². The van der Waals surface area contributed by atoms with Crippen LogP contribution in [0, 0.1) is 13.8 Å². The summed E-state index contributed by atoms with van der Waals surface area (Å²) in [4.78, 5) is 21.3. The summed E-state index contributed by atoms with van der Waals surface area (Å²) in [5, 5.41) is 0.782. The molecule has 4 nitrogen and oxygen atoms in total. The first-order chi connectivity index (χ1) is 12.9. The number of hydrogen-bond donors (Lipinski definition) is 1. The number of fused-ring (bicyclic) bond motifs is 1. The molecular formula is C22H28N3OS+. The second kappa shape index (κ2) is 8.19. The minimum Gasteiger partial charge on any atom is -0.338 e. The number of anilines is 1. The third kappa shape index (κ3) is 4.37. The second-order valence-electron chi connectivity index (χ2n) is 7.38. The molecule has 0 aliphatic carbocycles. The van der Waals surface area contributed by atoms with Crippen LogP contribution in [0.3, 0.4) is 0 Å². The van der Waals surface area contributed by atoms with E-state index in [9.17, 15) is 4.79 Å². The Morgan fingerprint density at radius 3 is 2.59 bits per heavy atom. The van der Waals surface area contributed by atoms with Crippen molar-refractivity contribution in [3.63, 3.8) is 0 Å². The summed E-state index contributed by atoms with van der Waals surface area (Å²) in [6.07, 6.45) is 0.998. The number of carbonyl (C=O) groups is 1.